The molecular weight excluding hydrogens is 297 g/mol. The number of hydrogen-bond acceptors (Lipinski definition) is 3. The van der Waals surface area contributed by atoms with Gasteiger partial charge in [-0.25, -0.2) is 17.5 Å². The predicted molar refractivity (Wildman–Crippen MR) is 74.8 cm³/mol. The number of hydrogen-bond donors (Lipinski definition) is 2. The first-order valence-corrected chi connectivity index (χ1v) is 8.29. The van der Waals surface area contributed by atoms with Crippen LogP contribution in [0.4, 0.5) is 4.39 Å². The van der Waals surface area contributed by atoms with Crippen molar-refractivity contribution in [3.63, 3.8) is 0 Å². The van der Waals surface area contributed by atoms with Crippen LogP contribution in [-0.4, -0.2) is 25.5 Å². The first-order valence-electron chi connectivity index (χ1n) is 6.81. The number of nitrogens with one attached hydrogen (secondary N) is 1. The third kappa shape index (κ3) is 3.79. The molecule has 0 aromatic heterocycles. The molecule has 2 atom stereocenters. The average Bonchev–Trinajstić information content (AvgIpc) is 2.41. The normalized spacial score (nSPS) is 23.0. The molecule has 0 bridgehead atoms. The van der Waals surface area contributed by atoms with Crippen molar-refractivity contribution in [3.05, 3.63) is 29.6 Å². The summed E-state index contributed by atoms with van der Waals surface area (Å²) in [6.45, 7) is 1.68. The highest BCUT2D eigenvalue weighted by atomic mass is 32.2. The number of rotatable bonds is 4. The van der Waals surface area contributed by atoms with Crippen LogP contribution in [0.15, 0.2) is 23.1 Å². The Morgan fingerprint density at radius 3 is 2.76 bits per heavy atom. The van der Waals surface area contributed by atoms with Crippen LogP contribution in [0.25, 0.3) is 0 Å². The van der Waals surface area contributed by atoms with Gasteiger partial charge in [0, 0.05) is 6.04 Å². The van der Waals surface area contributed by atoms with Crippen LogP contribution < -0.4 is 4.72 Å². The van der Waals surface area contributed by atoms with E-state index in [0.29, 0.717) is 24.8 Å². The predicted octanol–water partition coefficient (Wildman–Crippen LogP) is 2.06. The molecule has 1 aromatic carbocycles. The minimum absolute atomic E-state index is 0.238. The Bertz CT molecular complexity index is 644. The zero-order chi connectivity index (χ0) is 15.6. The standard InChI is InChI=1S/C14H18FNO4S/c1-9-5-6-12(15)13(7-9)21(19,20)16-11-4-2-3-10(8-11)14(17)18/h5-7,10-11,16H,2-4,8H2,1H3,(H,17,18). The number of sulfonamides is 1. The molecule has 0 saturated heterocycles. The van der Waals surface area contributed by atoms with Crippen molar-refractivity contribution >= 4 is 16.0 Å². The SMILES string of the molecule is Cc1ccc(F)c(S(=O)(=O)NC2CCCC(C(=O)O)C2)c1. The second-order valence-corrected chi connectivity index (χ2v) is 7.14. The minimum atomic E-state index is -3.98. The molecule has 1 aliphatic rings. The molecule has 0 heterocycles. The van der Waals surface area contributed by atoms with E-state index in [0.717, 1.165) is 6.07 Å². The first-order chi connectivity index (χ1) is 9.79. The van der Waals surface area contributed by atoms with E-state index < -0.39 is 33.8 Å². The van der Waals surface area contributed by atoms with Gasteiger partial charge in [-0.05, 0) is 43.9 Å². The number of halogens is 1. The molecular formula is C14H18FNO4S. The molecule has 1 saturated carbocycles. The molecule has 21 heavy (non-hydrogen) atoms. The van der Waals surface area contributed by atoms with Crippen LogP contribution in [0.1, 0.15) is 31.2 Å². The summed E-state index contributed by atoms with van der Waals surface area (Å²) in [6.07, 6.45) is 1.99. The average molecular weight is 315 g/mol. The Labute approximate surface area is 123 Å². The quantitative estimate of drug-likeness (QED) is 0.891. The third-order valence-corrected chi connectivity index (χ3v) is 5.26. The van der Waals surface area contributed by atoms with Crippen molar-refractivity contribution in [1.82, 2.24) is 4.72 Å². The molecule has 7 heteroatoms. The zero-order valence-electron chi connectivity index (χ0n) is 11.7. The fraction of sp³-hybridized carbons (Fsp3) is 0.500. The van der Waals surface area contributed by atoms with Crippen LogP contribution in [0.2, 0.25) is 0 Å². The number of carboxylic acids is 1. The van der Waals surface area contributed by atoms with E-state index in [9.17, 15) is 17.6 Å². The van der Waals surface area contributed by atoms with Crippen molar-refractivity contribution in [3.8, 4) is 0 Å². The van der Waals surface area contributed by atoms with E-state index in [1.807, 2.05) is 0 Å². The zero-order valence-corrected chi connectivity index (χ0v) is 12.5. The molecule has 2 rings (SSSR count). The number of carbonyl (C=O) groups is 1. The fourth-order valence-corrected chi connectivity index (χ4v) is 4.07. The monoisotopic (exact) mass is 315 g/mol. The van der Waals surface area contributed by atoms with Gasteiger partial charge in [0.15, 0.2) is 0 Å². The number of benzene rings is 1. The maximum absolute atomic E-state index is 13.7. The maximum atomic E-state index is 13.7. The molecule has 0 aliphatic heterocycles. The van der Waals surface area contributed by atoms with Gasteiger partial charge in [-0.15, -0.1) is 0 Å². The van der Waals surface area contributed by atoms with E-state index in [4.69, 9.17) is 5.11 Å². The highest BCUT2D eigenvalue weighted by Gasteiger charge is 2.30. The smallest absolute Gasteiger partial charge is 0.306 e. The molecule has 2 N–H and O–H groups in total. The lowest BCUT2D eigenvalue weighted by Gasteiger charge is -2.27. The lowest BCUT2D eigenvalue weighted by molar-refractivity contribution is -0.143. The Morgan fingerprint density at radius 1 is 1.38 bits per heavy atom. The molecule has 116 valence electrons. The van der Waals surface area contributed by atoms with Crippen LogP contribution in [-0.2, 0) is 14.8 Å². The molecule has 2 unspecified atom stereocenters. The minimum Gasteiger partial charge on any atom is -0.481 e. The van der Waals surface area contributed by atoms with E-state index in [-0.39, 0.29) is 11.3 Å². The summed E-state index contributed by atoms with van der Waals surface area (Å²) in [4.78, 5) is 10.6. The van der Waals surface area contributed by atoms with Gasteiger partial charge in [0.25, 0.3) is 0 Å². The summed E-state index contributed by atoms with van der Waals surface area (Å²) >= 11 is 0. The van der Waals surface area contributed by atoms with E-state index in [1.165, 1.54) is 12.1 Å². The second-order valence-electron chi connectivity index (χ2n) is 5.45. The van der Waals surface area contributed by atoms with Gasteiger partial charge in [0.1, 0.15) is 10.7 Å². The van der Waals surface area contributed by atoms with Crippen LogP contribution in [0.3, 0.4) is 0 Å². The van der Waals surface area contributed by atoms with Crippen LogP contribution >= 0.6 is 0 Å². The first kappa shape index (κ1) is 15.9. The fourth-order valence-electron chi connectivity index (χ4n) is 2.62. The number of carboxylic acid groups (broad SMARTS) is 1. The van der Waals surface area contributed by atoms with Crippen LogP contribution in [0, 0.1) is 18.7 Å². The van der Waals surface area contributed by atoms with Gasteiger partial charge in [0.2, 0.25) is 10.0 Å². The van der Waals surface area contributed by atoms with Crippen molar-refractivity contribution in [1.29, 1.82) is 0 Å². The summed E-state index contributed by atoms with van der Waals surface area (Å²) in [5.74, 6) is -2.27. The second kappa shape index (κ2) is 6.11. The summed E-state index contributed by atoms with van der Waals surface area (Å²) in [6, 6.07) is 3.42. The van der Waals surface area contributed by atoms with Crippen LogP contribution in [0.5, 0.6) is 0 Å². The Balaban J connectivity index is 2.17. The summed E-state index contributed by atoms with van der Waals surface area (Å²) in [5, 5.41) is 9.01. The Kier molecular flexibility index (Phi) is 4.63. The van der Waals surface area contributed by atoms with Gasteiger partial charge < -0.3 is 5.11 Å². The summed E-state index contributed by atoms with van der Waals surface area (Å²) < 4.78 is 40.6. The van der Waals surface area contributed by atoms with E-state index in [1.54, 1.807) is 6.92 Å². The molecule has 5 nitrogen and oxygen atoms in total. The lowest BCUT2D eigenvalue weighted by Crippen LogP contribution is -2.40. The van der Waals surface area contributed by atoms with Crippen molar-refractivity contribution in [2.75, 3.05) is 0 Å². The topological polar surface area (TPSA) is 83.5 Å². The van der Waals surface area contributed by atoms with Gasteiger partial charge in [0.05, 0.1) is 5.92 Å². The summed E-state index contributed by atoms with van der Waals surface area (Å²) in [5.41, 5.74) is 0.642. The van der Waals surface area contributed by atoms with E-state index in [2.05, 4.69) is 4.72 Å². The lowest BCUT2D eigenvalue weighted by atomic mass is 9.86. The Hall–Kier alpha value is -1.47. The molecule has 0 radical (unpaired) electrons. The summed E-state index contributed by atoms with van der Waals surface area (Å²) in [7, 11) is -3.98. The highest BCUT2D eigenvalue weighted by Crippen LogP contribution is 2.26. The molecule has 0 spiro atoms. The third-order valence-electron chi connectivity index (χ3n) is 3.72. The van der Waals surface area contributed by atoms with Gasteiger partial charge in [-0.2, -0.15) is 0 Å². The molecule has 1 fully saturated rings. The van der Waals surface area contributed by atoms with Crippen molar-refractivity contribution in [2.24, 2.45) is 5.92 Å². The van der Waals surface area contributed by atoms with Gasteiger partial charge in [-0.3, -0.25) is 4.79 Å². The Morgan fingerprint density at radius 2 is 2.10 bits per heavy atom. The number of aryl methyl sites for hydroxylation is 1. The maximum Gasteiger partial charge on any atom is 0.306 e. The molecule has 1 aliphatic carbocycles. The van der Waals surface area contributed by atoms with Crippen molar-refractivity contribution < 1.29 is 22.7 Å². The number of aliphatic carboxylic acids is 1. The molecule has 1 aromatic rings. The largest absolute Gasteiger partial charge is 0.481 e. The van der Waals surface area contributed by atoms with Gasteiger partial charge in [-0.1, -0.05) is 12.5 Å². The van der Waals surface area contributed by atoms with Gasteiger partial charge >= 0.3 is 5.97 Å². The molecule has 0 amide bonds. The van der Waals surface area contributed by atoms with E-state index >= 15 is 0 Å². The van der Waals surface area contributed by atoms with Crippen molar-refractivity contribution in [2.45, 2.75) is 43.5 Å². The highest BCUT2D eigenvalue weighted by molar-refractivity contribution is 7.89.